The minimum absolute atomic E-state index is 0.244. The van der Waals surface area contributed by atoms with Gasteiger partial charge in [-0.3, -0.25) is 4.79 Å². The van der Waals surface area contributed by atoms with E-state index in [0.717, 1.165) is 19.5 Å². The van der Waals surface area contributed by atoms with Crippen LogP contribution in [0.3, 0.4) is 0 Å². The highest BCUT2D eigenvalue weighted by atomic mass is 16.4. The van der Waals surface area contributed by atoms with Crippen LogP contribution in [0.2, 0.25) is 0 Å². The van der Waals surface area contributed by atoms with E-state index >= 15 is 0 Å². The quantitative estimate of drug-likeness (QED) is 0.545. The third-order valence-corrected chi connectivity index (χ3v) is 2.35. The molecule has 0 spiro atoms. The third-order valence-electron chi connectivity index (χ3n) is 2.35. The summed E-state index contributed by atoms with van der Waals surface area (Å²) in [4.78, 5) is 10.5. The summed E-state index contributed by atoms with van der Waals surface area (Å²) in [5, 5.41) is 20.6. The summed E-state index contributed by atoms with van der Waals surface area (Å²) in [5.41, 5.74) is 0. The number of carboxylic acid groups (broad SMARTS) is 1. The second-order valence-electron chi connectivity index (χ2n) is 3.31. The molecule has 2 atom stereocenters. The van der Waals surface area contributed by atoms with Crippen LogP contribution in [-0.2, 0) is 4.79 Å². The van der Waals surface area contributed by atoms with E-state index in [4.69, 9.17) is 10.2 Å². The molecule has 4 nitrogen and oxygen atoms in total. The minimum atomic E-state index is -0.885. The van der Waals surface area contributed by atoms with Gasteiger partial charge in [-0.2, -0.15) is 0 Å². The SMILES string of the molecule is O=C(O)C(CO)CC1CCNC1. The number of hydrogen-bond acceptors (Lipinski definition) is 3. The molecule has 0 bridgehead atoms. The Kier molecular flexibility index (Phi) is 3.49. The van der Waals surface area contributed by atoms with Gasteiger partial charge in [0, 0.05) is 0 Å². The highest BCUT2D eigenvalue weighted by molar-refractivity contribution is 5.70. The van der Waals surface area contributed by atoms with E-state index in [9.17, 15) is 4.79 Å². The molecule has 1 heterocycles. The molecule has 1 aliphatic heterocycles. The van der Waals surface area contributed by atoms with Gasteiger partial charge >= 0.3 is 5.97 Å². The Hall–Kier alpha value is -0.610. The number of aliphatic carboxylic acids is 1. The lowest BCUT2D eigenvalue weighted by atomic mass is 9.94. The van der Waals surface area contributed by atoms with Gasteiger partial charge in [0.1, 0.15) is 0 Å². The molecule has 1 aliphatic rings. The highest BCUT2D eigenvalue weighted by Gasteiger charge is 2.23. The van der Waals surface area contributed by atoms with Crippen molar-refractivity contribution >= 4 is 5.97 Å². The molecule has 12 heavy (non-hydrogen) atoms. The molecule has 0 aromatic carbocycles. The molecule has 1 saturated heterocycles. The Morgan fingerprint density at radius 3 is 2.83 bits per heavy atom. The fourth-order valence-electron chi connectivity index (χ4n) is 1.57. The van der Waals surface area contributed by atoms with Gasteiger partial charge in [0.25, 0.3) is 0 Å². The number of hydrogen-bond donors (Lipinski definition) is 3. The second kappa shape index (κ2) is 4.42. The van der Waals surface area contributed by atoms with Crippen molar-refractivity contribution in [2.75, 3.05) is 19.7 Å². The van der Waals surface area contributed by atoms with Crippen molar-refractivity contribution in [1.82, 2.24) is 5.32 Å². The minimum Gasteiger partial charge on any atom is -0.481 e. The predicted molar refractivity (Wildman–Crippen MR) is 43.8 cm³/mol. The van der Waals surface area contributed by atoms with E-state index in [2.05, 4.69) is 5.32 Å². The van der Waals surface area contributed by atoms with Crippen molar-refractivity contribution in [2.45, 2.75) is 12.8 Å². The van der Waals surface area contributed by atoms with Gasteiger partial charge in [-0.05, 0) is 31.8 Å². The average Bonchev–Trinajstić information content (AvgIpc) is 2.51. The van der Waals surface area contributed by atoms with E-state index in [0.29, 0.717) is 12.3 Å². The topological polar surface area (TPSA) is 69.6 Å². The van der Waals surface area contributed by atoms with Crippen molar-refractivity contribution in [3.8, 4) is 0 Å². The molecule has 2 unspecified atom stereocenters. The summed E-state index contributed by atoms with van der Waals surface area (Å²) < 4.78 is 0. The first-order chi connectivity index (χ1) is 5.74. The van der Waals surface area contributed by atoms with Crippen molar-refractivity contribution in [3.63, 3.8) is 0 Å². The summed E-state index contributed by atoms with van der Waals surface area (Å²) in [5.74, 6) is -1.03. The molecule has 0 saturated carbocycles. The molecule has 1 fully saturated rings. The Labute approximate surface area is 71.6 Å². The molecule has 0 amide bonds. The van der Waals surface area contributed by atoms with Gasteiger partial charge in [-0.25, -0.2) is 0 Å². The molecule has 0 aromatic heterocycles. The van der Waals surface area contributed by atoms with Crippen LogP contribution in [0.15, 0.2) is 0 Å². The van der Waals surface area contributed by atoms with E-state index in [1.54, 1.807) is 0 Å². The second-order valence-corrected chi connectivity index (χ2v) is 3.31. The molecule has 0 aromatic rings. The van der Waals surface area contributed by atoms with Crippen LogP contribution in [0.1, 0.15) is 12.8 Å². The lowest BCUT2D eigenvalue weighted by Crippen LogP contribution is -2.22. The molecular formula is C8H15NO3. The molecule has 4 heteroatoms. The fraction of sp³-hybridized carbons (Fsp3) is 0.875. The summed E-state index contributed by atoms with van der Waals surface area (Å²) in [6.45, 7) is 1.62. The van der Waals surface area contributed by atoms with E-state index < -0.39 is 11.9 Å². The zero-order valence-corrected chi connectivity index (χ0v) is 6.99. The maximum Gasteiger partial charge on any atom is 0.308 e. The van der Waals surface area contributed by atoms with Gasteiger partial charge in [-0.15, -0.1) is 0 Å². The number of carbonyl (C=O) groups is 1. The predicted octanol–water partition coefficient (Wildman–Crippen LogP) is -0.321. The molecule has 0 aliphatic carbocycles. The standard InChI is InChI=1S/C8H15NO3/c10-5-7(8(11)12)3-6-1-2-9-4-6/h6-7,9-10H,1-5H2,(H,11,12). The van der Waals surface area contributed by atoms with Crippen molar-refractivity contribution in [1.29, 1.82) is 0 Å². The number of nitrogens with one attached hydrogen (secondary N) is 1. The number of rotatable bonds is 4. The van der Waals surface area contributed by atoms with Gasteiger partial charge in [-0.1, -0.05) is 0 Å². The summed E-state index contributed by atoms with van der Waals surface area (Å²) >= 11 is 0. The van der Waals surface area contributed by atoms with Crippen LogP contribution in [0.25, 0.3) is 0 Å². The van der Waals surface area contributed by atoms with Gasteiger partial charge < -0.3 is 15.5 Å². The smallest absolute Gasteiger partial charge is 0.308 e. The monoisotopic (exact) mass is 173 g/mol. The zero-order chi connectivity index (χ0) is 8.97. The van der Waals surface area contributed by atoms with Gasteiger partial charge in [0.05, 0.1) is 12.5 Å². The molecular weight excluding hydrogens is 158 g/mol. The Bertz CT molecular complexity index is 154. The average molecular weight is 173 g/mol. The summed E-state index contributed by atoms with van der Waals surface area (Å²) in [6, 6.07) is 0. The first kappa shape index (κ1) is 9.48. The Balaban J connectivity index is 2.30. The Morgan fingerprint density at radius 1 is 1.67 bits per heavy atom. The van der Waals surface area contributed by atoms with Crippen LogP contribution >= 0.6 is 0 Å². The lowest BCUT2D eigenvalue weighted by molar-refractivity contribution is -0.143. The first-order valence-corrected chi connectivity index (χ1v) is 4.28. The first-order valence-electron chi connectivity index (χ1n) is 4.28. The summed E-state index contributed by atoms with van der Waals surface area (Å²) in [7, 11) is 0. The van der Waals surface area contributed by atoms with Crippen molar-refractivity contribution in [3.05, 3.63) is 0 Å². The zero-order valence-electron chi connectivity index (χ0n) is 6.99. The normalized spacial score (nSPS) is 25.6. The van der Waals surface area contributed by atoms with Crippen LogP contribution in [0.4, 0.5) is 0 Å². The molecule has 70 valence electrons. The van der Waals surface area contributed by atoms with Gasteiger partial charge in [0.15, 0.2) is 0 Å². The van der Waals surface area contributed by atoms with Crippen molar-refractivity contribution in [2.24, 2.45) is 11.8 Å². The van der Waals surface area contributed by atoms with Gasteiger partial charge in [0.2, 0.25) is 0 Å². The largest absolute Gasteiger partial charge is 0.481 e. The maximum atomic E-state index is 10.5. The van der Waals surface area contributed by atoms with Crippen molar-refractivity contribution < 1.29 is 15.0 Å². The number of aliphatic hydroxyl groups excluding tert-OH is 1. The Morgan fingerprint density at radius 2 is 2.42 bits per heavy atom. The maximum absolute atomic E-state index is 10.5. The van der Waals surface area contributed by atoms with E-state index in [1.807, 2.05) is 0 Å². The number of carboxylic acids is 1. The molecule has 1 rings (SSSR count). The van der Waals surface area contributed by atoms with E-state index in [1.165, 1.54) is 0 Å². The van der Waals surface area contributed by atoms with Crippen LogP contribution in [-0.4, -0.2) is 35.9 Å². The van der Waals surface area contributed by atoms with E-state index in [-0.39, 0.29) is 6.61 Å². The fourth-order valence-corrected chi connectivity index (χ4v) is 1.57. The van der Waals surface area contributed by atoms with Crippen LogP contribution < -0.4 is 5.32 Å². The van der Waals surface area contributed by atoms with Crippen LogP contribution in [0, 0.1) is 11.8 Å². The highest BCUT2D eigenvalue weighted by Crippen LogP contribution is 2.18. The molecule has 0 radical (unpaired) electrons. The summed E-state index contributed by atoms with van der Waals surface area (Å²) in [6.07, 6.45) is 1.63. The number of aliphatic hydroxyl groups is 1. The molecule has 3 N–H and O–H groups in total. The van der Waals surface area contributed by atoms with Crippen LogP contribution in [0.5, 0.6) is 0 Å². The third kappa shape index (κ3) is 2.46. The lowest BCUT2D eigenvalue weighted by Gasteiger charge is -2.13.